The van der Waals surface area contributed by atoms with Crippen LogP contribution in [0.25, 0.3) is 11.4 Å². The van der Waals surface area contributed by atoms with Crippen LogP contribution in [0.2, 0.25) is 5.02 Å². The van der Waals surface area contributed by atoms with Crippen LogP contribution in [0.4, 0.5) is 11.5 Å². The number of hydrogen-bond acceptors (Lipinski definition) is 4. The molecule has 4 rings (SSSR count). The van der Waals surface area contributed by atoms with Gasteiger partial charge in [-0.15, -0.1) is 0 Å². The van der Waals surface area contributed by atoms with Gasteiger partial charge in [-0.1, -0.05) is 32.4 Å². The molecule has 1 aliphatic rings. The maximum atomic E-state index is 6.05. The van der Waals surface area contributed by atoms with Gasteiger partial charge in [0.25, 0.3) is 0 Å². The predicted octanol–water partition coefficient (Wildman–Crippen LogP) is 6.09. The number of fused-ring (bicyclic) bond motifs is 1. The van der Waals surface area contributed by atoms with Gasteiger partial charge in [-0.25, -0.2) is 9.97 Å². The second-order valence-electron chi connectivity index (χ2n) is 8.49. The summed E-state index contributed by atoms with van der Waals surface area (Å²) >= 11 is 6.05. The van der Waals surface area contributed by atoms with E-state index in [0.29, 0.717) is 5.92 Å². The van der Waals surface area contributed by atoms with Crippen LogP contribution in [-0.4, -0.2) is 15.0 Å². The van der Waals surface area contributed by atoms with Gasteiger partial charge in [0.2, 0.25) is 0 Å². The molecule has 1 atom stereocenters. The average Bonchev–Trinajstić information content (AvgIpc) is 2.69. The van der Waals surface area contributed by atoms with Gasteiger partial charge in [-0.3, -0.25) is 4.98 Å². The van der Waals surface area contributed by atoms with E-state index in [4.69, 9.17) is 21.6 Å². The normalized spacial score (nSPS) is 16.5. The van der Waals surface area contributed by atoms with Crippen molar-refractivity contribution in [3.63, 3.8) is 0 Å². The Kier molecular flexibility index (Phi) is 5.07. The lowest BCUT2D eigenvalue weighted by atomic mass is 9.71. The molecule has 1 aliphatic carbocycles. The van der Waals surface area contributed by atoms with E-state index >= 15 is 0 Å². The number of hydrogen-bond donors (Lipinski definition) is 1. The molecule has 0 saturated carbocycles. The number of pyridine rings is 1. The van der Waals surface area contributed by atoms with Gasteiger partial charge in [-0.2, -0.15) is 0 Å². The third kappa shape index (κ3) is 4.02. The third-order valence-electron chi connectivity index (χ3n) is 5.54. The molecular weight excluding hydrogens is 368 g/mol. The summed E-state index contributed by atoms with van der Waals surface area (Å²) in [6, 6.07) is 11.6. The van der Waals surface area contributed by atoms with Crippen LogP contribution in [0.15, 0.2) is 48.8 Å². The van der Waals surface area contributed by atoms with Crippen molar-refractivity contribution >= 4 is 23.1 Å². The van der Waals surface area contributed by atoms with Gasteiger partial charge in [0.15, 0.2) is 5.82 Å². The molecule has 0 unspecified atom stereocenters. The van der Waals surface area contributed by atoms with E-state index in [9.17, 15) is 0 Å². The van der Waals surface area contributed by atoms with Crippen molar-refractivity contribution in [3.8, 4) is 11.4 Å². The Morgan fingerprint density at radius 2 is 1.71 bits per heavy atom. The summed E-state index contributed by atoms with van der Waals surface area (Å²) in [5, 5.41) is 4.24. The van der Waals surface area contributed by atoms with Crippen LogP contribution < -0.4 is 5.32 Å². The maximum Gasteiger partial charge on any atom is 0.161 e. The zero-order chi connectivity index (χ0) is 19.7. The fraction of sp³-hybridized carbons (Fsp3) is 0.348. The van der Waals surface area contributed by atoms with Gasteiger partial charge in [0.05, 0.1) is 0 Å². The Morgan fingerprint density at radius 3 is 2.39 bits per heavy atom. The minimum Gasteiger partial charge on any atom is -0.340 e. The van der Waals surface area contributed by atoms with Gasteiger partial charge in [-0.05, 0) is 67.0 Å². The summed E-state index contributed by atoms with van der Waals surface area (Å²) in [7, 11) is 0. The van der Waals surface area contributed by atoms with Crippen molar-refractivity contribution in [2.24, 2.45) is 11.3 Å². The minimum absolute atomic E-state index is 0.263. The zero-order valence-electron chi connectivity index (χ0n) is 16.5. The molecule has 2 heterocycles. The van der Waals surface area contributed by atoms with Crippen molar-refractivity contribution in [2.75, 3.05) is 5.32 Å². The fourth-order valence-corrected chi connectivity index (χ4v) is 3.88. The Labute approximate surface area is 171 Å². The molecule has 0 amide bonds. The summed E-state index contributed by atoms with van der Waals surface area (Å²) < 4.78 is 0. The van der Waals surface area contributed by atoms with Crippen molar-refractivity contribution in [1.82, 2.24) is 15.0 Å². The molecule has 4 nitrogen and oxygen atoms in total. The van der Waals surface area contributed by atoms with E-state index in [1.165, 1.54) is 5.56 Å². The molecule has 28 heavy (non-hydrogen) atoms. The lowest BCUT2D eigenvalue weighted by Crippen LogP contribution is -2.28. The van der Waals surface area contributed by atoms with Crippen LogP contribution in [0.3, 0.4) is 0 Å². The highest BCUT2D eigenvalue weighted by Gasteiger charge is 2.31. The lowest BCUT2D eigenvalue weighted by Gasteiger charge is -2.35. The highest BCUT2D eigenvalue weighted by Crippen LogP contribution is 2.39. The number of nitrogens with one attached hydrogen (secondary N) is 1. The number of anilines is 2. The predicted molar refractivity (Wildman–Crippen MR) is 115 cm³/mol. The summed E-state index contributed by atoms with van der Waals surface area (Å²) in [5.74, 6) is 2.25. The molecule has 0 bridgehead atoms. The van der Waals surface area contributed by atoms with Gasteiger partial charge >= 0.3 is 0 Å². The van der Waals surface area contributed by atoms with Gasteiger partial charge < -0.3 is 5.32 Å². The van der Waals surface area contributed by atoms with Gasteiger partial charge in [0, 0.05) is 39.9 Å². The van der Waals surface area contributed by atoms with Crippen LogP contribution in [0.5, 0.6) is 0 Å². The average molecular weight is 393 g/mol. The third-order valence-corrected chi connectivity index (χ3v) is 5.80. The van der Waals surface area contributed by atoms with Crippen LogP contribution >= 0.6 is 11.6 Å². The highest BCUT2D eigenvalue weighted by molar-refractivity contribution is 6.30. The molecule has 0 saturated heterocycles. The first-order valence-electron chi connectivity index (χ1n) is 9.73. The fourth-order valence-electron chi connectivity index (χ4n) is 3.75. The van der Waals surface area contributed by atoms with E-state index in [1.807, 2.05) is 36.4 Å². The molecule has 144 valence electrons. The van der Waals surface area contributed by atoms with E-state index in [1.54, 1.807) is 12.4 Å². The standard InChI is InChI=1S/C23H25ClN4/c1-23(2,3)16-4-9-20-19(14-16)22(26-18-7-5-17(24)6-8-18)28-21(27-20)15-10-12-25-13-11-15/h5-8,10-13,16H,4,9,14H2,1-3H3,(H,26,27,28)/t16-/m1/s1. The van der Waals surface area contributed by atoms with Crippen molar-refractivity contribution in [3.05, 3.63) is 65.1 Å². The van der Waals surface area contributed by atoms with Crippen molar-refractivity contribution < 1.29 is 0 Å². The highest BCUT2D eigenvalue weighted by atomic mass is 35.5. The number of aromatic nitrogens is 3. The molecular formula is C23H25ClN4. The second kappa shape index (κ2) is 7.51. The number of halogens is 1. The molecule has 0 radical (unpaired) electrons. The topological polar surface area (TPSA) is 50.7 Å². The number of benzene rings is 1. The van der Waals surface area contributed by atoms with E-state index in [2.05, 4.69) is 31.1 Å². The summed E-state index contributed by atoms with van der Waals surface area (Å²) in [6.45, 7) is 6.96. The summed E-state index contributed by atoms with van der Waals surface area (Å²) in [5.41, 5.74) is 4.61. The SMILES string of the molecule is CC(C)(C)[C@@H]1CCc2nc(-c3ccncc3)nc(Nc3ccc(Cl)cc3)c2C1. The van der Waals surface area contributed by atoms with Gasteiger partial charge in [0.1, 0.15) is 5.82 Å². The Balaban J connectivity index is 1.77. The molecule has 1 aromatic carbocycles. The molecule has 0 fully saturated rings. The largest absolute Gasteiger partial charge is 0.340 e. The summed E-state index contributed by atoms with van der Waals surface area (Å²) in [4.78, 5) is 13.9. The Hall–Kier alpha value is -2.46. The number of aryl methyl sites for hydroxylation is 1. The van der Waals surface area contributed by atoms with Crippen molar-refractivity contribution in [2.45, 2.75) is 40.0 Å². The van der Waals surface area contributed by atoms with E-state index in [-0.39, 0.29) is 5.41 Å². The molecule has 1 N–H and O–H groups in total. The first kappa shape index (κ1) is 18.9. The molecule has 0 spiro atoms. The number of rotatable bonds is 3. The Morgan fingerprint density at radius 1 is 1.00 bits per heavy atom. The van der Waals surface area contributed by atoms with E-state index in [0.717, 1.165) is 52.9 Å². The molecule has 2 aromatic heterocycles. The second-order valence-corrected chi connectivity index (χ2v) is 8.93. The monoisotopic (exact) mass is 392 g/mol. The van der Waals surface area contributed by atoms with E-state index < -0.39 is 0 Å². The van der Waals surface area contributed by atoms with Crippen LogP contribution in [0.1, 0.15) is 38.4 Å². The number of nitrogens with zero attached hydrogens (tertiary/aromatic N) is 3. The maximum absolute atomic E-state index is 6.05. The lowest BCUT2D eigenvalue weighted by molar-refractivity contribution is 0.215. The van der Waals surface area contributed by atoms with Crippen molar-refractivity contribution in [1.29, 1.82) is 0 Å². The first-order chi connectivity index (χ1) is 13.4. The van der Waals surface area contributed by atoms with Crippen LogP contribution in [0, 0.1) is 11.3 Å². The minimum atomic E-state index is 0.263. The molecule has 0 aliphatic heterocycles. The first-order valence-corrected chi connectivity index (χ1v) is 10.1. The molecule has 3 aromatic rings. The quantitative estimate of drug-likeness (QED) is 0.586. The Bertz CT molecular complexity index is 962. The van der Waals surface area contributed by atoms with Crippen LogP contribution in [-0.2, 0) is 12.8 Å². The summed E-state index contributed by atoms with van der Waals surface area (Å²) in [6.07, 6.45) is 6.68. The smallest absolute Gasteiger partial charge is 0.161 e. The molecule has 5 heteroatoms. The zero-order valence-corrected chi connectivity index (χ0v) is 17.3.